The Kier molecular flexibility index (Phi) is 8.90. The van der Waals surface area contributed by atoms with E-state index in [9.17, 15) is 4.79 Å². The number of nitrogens with zero attached hydrogens (tertiary/aromatic N) is 2. The number of unbranched alkanes of at least 4 members (excludes halogenated alkanes) is 1. The molecule has 3 heterocycles. The molecule has 5 heteroatoms. The zero-order valence-electron chi connectivity index (χ0n) is 20.1. The second-order valence-corrected chi connectivity index (χ2v) is 9.71. The Bertz CT molecular complexity index is 886. The standard InChI is InChI=1S/C28H39N3O2/c1-22(32)19-25(23-9-3-2-4-10-23)21-33-27-13-8-18-31(20-27)17-6-5-12-26-15-14-24-11-7-16-29-28(24)30-26/h2-4,9-10,14-15,25,27H,5-8,11-13,16-21H2,1H3,(H,29,30)/t25-,27?/m1/s1. The number of hydrogen-bond acceptors (Lipinski definition) is 5. The zero-order valence-corrected chi connectivity index (χ0v) is 20.1. The third-order valence-corrected chi connectivity index (χ3v) is 6.91. The van der Waals surface area contributed by atoms with E-state index in [0.717, 1.165) is 51.3 Å². The molecule has 2 aliphatic rings. The monoisotopic (exact) mass is 449 g/mol. The molecule has 2 atom stereocenters. The van der Waals surface area contributed by atoms with Gasteiger partial charge in [-0.25, -0.2) is 4.98 Å². The molecule has 1 N–H and O–H groups in total. The van der Waals surface area contributed by atoms with E-state index >= 15 is 0 Å². The Labute approximate surface area is 198 Å². The average molecular weight is 450 g/mol. The van der Waals surface area contributed by atoms with E-state index in [1.54, 1.807) is 6.92 Å². The van der Waals surface area contributed by atoms with E-state index in [2.05, 4.69) is 34.5 Å². The number of Topliss-reactive ketones (excluding diaryl/α,β-unsaturated/α-hetero) is 1. The van der Waals surface area contributed by atoms with Crippen LogP contribution >= 0.6 is 0 Å². The summed E-state index contributed by atoms with van der Waals surface area (Å²) in [5, 5.41) is 3.44. The number of piperidine rings is 1. The van der Waals surface area contributed by atoms with Crippen LogP contribution in [0.4, 0.5) is 5.82 Å². The fraction of sp³-hybridized carbons (Fsp3) is 0.571. The number of aromatic nitrogens is 1. The molecule has 0 bridgehead atoms. The number of ether oxygens (including phenoxy) is 1. The van der Waals surface area contributed by atoms with Crippen LogP contribution in [0.25, 0.3) is 0 Å². The number of rotatable bonds is 11. The Morgan fingerprint density at radius 1 is 1.18 bits per heavy atom. The summed E-state index contributed by atoms with van der Waals surface area (Å²) in [6, 6.07) is 14.8. The first kappa shape index (κ1) is 23.9. The van der Waals surface area contributed by atoms with Gasteiger partial charge in [-0.3, -0.25) is 0 Å². The van der Waals surface area contributed by atoms with Crippen molar-refractivity contribution in [2.75, 3.05) is 38.1 Å². The molecule has 2 aromatic rings. The third kappa shape index (κ3) is 7.38. The highest BCUT2D eigenvalue weighted by Gasteiger charge is 2.22. The maximum absolute atomic E-state index is 11.8. The first-order valence-electron chi connectivity index (χ1n) is 12.8. The predicted molar refractivity (Wildman–Crippen MR) is 134 cm³/mol. The van der Waals surface area contributed by atoms with Gasteiger partial charge in [0.2, 0.25) is 0 Å². The Morgan fingerprint density at radius 3 is 2.91 bits per heavy atom. The number of aryl methyl sites for hydroxylation is 2. The predicted octanol–water partition coefficient (Wildman–Crippen LogP) is 5.01. The molecule has 0 saturated carbocycles. The molecule has 0 amide bonds. The first-order chi connectivity index (χ1) is 16.2. The minimum atomic E-state index is 0.151. The van der Waals surface area contributed by atoms with E-state index in [0.29, 0.717) is 13.0 Å². The van der Waals surface area contributed by atoms with Crippen molar-refractivity contribution in [2.24, 2.45) is 0 Å². The van der Waals surface area contributed by atoms with Gasteiger partial charge in [-0.15, -0.1) is 0 Å². The second kappa shape index (κ2) is 12.3. The number of ketones is 1. The molecule has 33 heavy (non-hydrogen) atoms. The summed E-state index contributed by atoms with van der Waals surface area (Å²) in [6.07, 6.45) is 8.88. The Morgan fingerprint density at radius 2 is 2.06 bits per heavy atom. The zero-order chi connectivity index (χ0) is 22.9. The van der Waals surface area contributed by atoms with Crippen molar-refractivity contribution in [1.29, 1.82) is 0 Å². The molecule has 0 radical (unpaired) electrons. The van der Waals surface area contributed by atoms with Gasteiger partial charge in [-0.2, -0.15) is 0 Å². The summed E-state index contributed by atoms with van der Waals surface area (Å²) in [5.41, 5.74) is 3.77. The molecule has 1 saturated heterocycles. The molecule has 2 aliphatic heterocycles. The van der Waals surface area contributed by atoms with Gasteiger partial charge in [0.15, 0.2) is 0 Å². The average Bonchev–Trinajstić information content (AvgIpc) is 2.85. The molecule has 1 fully saturated rings. The second-order valence-electron chi connectivity index (χ2n) is 9.71. The lowest BCUT2D eigenvalue weighted by Gasteiger charge is -2.33. The minimum absolute atomic E-state index is 0.151. The number of nitrogens with one attached hydrogen (secondary N) is 1. The van der Waals surface area contributed by atoms with Crippen LogP contribution in [0.3, 0.4) is 0 Å². The SMILES string of the molecule is CC(=O)C[C@H](COC1CCCN(CCCCc2ccc3c(n2)NCCC3)C1)c1ccccc1. The smallest absolute Gasteiger partial charge is 0.130 e. The van der Waals surface area contributed by atoms with E-state index in [1.807, 2.05) is 18.2 Å². The molecule has 0 spiro atoms. The third-order valence-electron chi connectivity index (χ3n) is 6.91. The number of carbonyl (C=O) groups excluding carboxylic acids is 1. The van der Waals surface area contributed by atoms with Gasteiger partial charge < -0.3 is 19.7 Å². The topological polar surface area (TPSA) is 54.5 Å². The molecule has 4 rings (SSSR count). The maximum Gasteiger partial charge on any atom is 0.130 e. The van der Waals surface area contributed by atoms with Crippen molar-refractivity contribution in [3.05, 3.63) is 59.3 Å². The molecule has 1 aromatic carbocycles. The van der Waals surface area contributed by atoms with Gasteiger partial charge in [0, 0.05) is 31.1 Å². The van der Waals surface area contributed by atoms with Gasteiger partial charge in [0.05, 0.1) is 12.7 Å². The Hall–Kier alpha value is -2.24. The van der Waals surface area contributed by atoms with Crippen LogP contribution in [0.1, 0.15) is 68.2 Å². The number of hydrogen-bond donors (Lipinski definition) is 1. The molecule has 1 aromatic heterocycles. The quantitative estimate of drug-likeness (QED) is 0.489. The van der Waals surface area contributed by atoms with Crippen LogP contribution in [-0.2, 0) is 22.4 Å². The van der Waals surface area contributed by atoms with Crippen LogP contribution < -0.4 is 5.32 Å². The summed E-state index contributed by atoms with van der Waals surface area (Å²) in [4.78, 5) is 19.2. The van der Waals surface area contributed by atoms with E-state index in [-0.39, 0.29) is 17.8 Å². The largest absolute Gasteiger partial charge is 0.376 e. The number of anilines is 1. The fourth-order valence-corrected chi connectivity index (χ4v) is 5.10. The van der Waals surface area contributed by atoms with Crippen molar-refractivity contribution >= 4 is 11.6 Å². The molecular formula is C28H39N3O2. The number of fused-ring (bicyclic) bond motifs is 1. The summed E-state index contributed by atoms with van der Waals surface area (Å²) < 4.78 is 6.35. The van der Waals surface area contributed by atoms with E-state index < -0.39 is 0 Å². The van der Waals surface area contributed by atoms with Crippen LogP contribution in [0.15, 0.2) is 42.5 Å². The van der Waals surface area contributed by atoms with Crippen molar-refractivity contribution in [3.63, 3.8) is 0 Å². The van der Waals surface area contributed by atoms with Crippen molar-refractivity contribution in [3.8, 4) is 0 Å². The van der Waals surface area contributed by atoms with Crippen LogP contribution in [0, 0.1) is 0 Å². The van der Waals surface area contributed by atoms with Crippen LogP contribution in [0.5, 0.6) is 0 Å². The van der Waals surface area contributed by atoms with Gasteiger partial charge in [0.25, 0.3) is 0 Å². The lowest BCUT2D eigenvalue weighted by molar-refractivity contribution is -0.118. The summed E-state index contributed by atoms with van der Waals surface area (Å²) >= 11 is 0. The first-order valence-corrected chi connectivity index (χ1v) is 12.8. The Balaban J connectivity index is 1.19. The molecular weight excluding hydrogens is 410 g/mol. The normalized spacial score (nSPS) is 19.5. The van der Waals surface area contributed by atoms with Crippen molar-refractivity contribution < 1.29 is 9.53 Å². The maximum atomic E-state index is 11.8. The summed E-state index contributed by atoms with van der Waals surface area (Å²) in [6.45, 7) is 6.63. The van der Waals surface area contributed by atoms with Crippen molar-refractivity contribution in [1.82, 2.24) is 9.88 Å². The van der Waals surface area contributed by atoms with Crippen LogP contribution in [0.2, 0.25) is 0 Å². The van der Waals surface area contributed by atoms with Gasteiger partial charge in [-0.05, 0) is 82.2 Å². The van der Waals surface area contributed by atoms with E-state index in [1.165, 1.54) is 42.5 Å². The lowest BCUT2D eigenvalue weighted by atomic mass is 9.95. The fourth-order valence-electron chi connectivity index (χ4n) is 5.10. The summed E-state index contributed by atoms with van der Waals surface area (Å²) in [5.74, 6) is 1.48. The minimum Gasteiger partial charge on any atom is -0.376 e. The lowest BCUT2D eigenvalue weighted by Crippen LogP contribution is -2.40. The highest BCUT2D eigenvalue weighted by atomic mass is 16.5. The number of pyridine rings is 1. The highest BCUT2D eigenvalue weighted by molar-refractivity contribution is 5.76. The van der Waals surface area contributed by atoms with Gasteiger partial charge in [-0.1, -0.05) is 36.4 Å². The van der Waals surface area contributed by atoms with Gasteiger partial charge >= 0.3 is 0 Å². The van der Waals surface area contributed by atoms with Crippen LogP contribution in [-0.4, -0.2) is 54.6 Å². The molecule has 5 nitrogen and oxygen atoms in total. The molecule has 178 valence electrons. The van der Waals surface area contributed by atoms with E-state index in [4.69, 9.17) is 9.72 Å². The number of likely N-dealkylation sites (tertiary alicyclic amines) is 1. The molecule has 1 unspecified atom stereocenters. The van der Waals surface area contributed by atoms with Crippen molar-refractivity contribution in [2.45, 2.75) is 70.3 Å². The number of carbonyl (C=O) groups is 1. The summed E-state index contributed by atoms with van der Waals surface area (Å²) in [7, 11) is 0. The molecule has 0 aliphatic carbocycles. The van der Waals surface area contributed by atoms with Gasteiger partial charge in [0.1, 0.15) is 11.6 Å². The number of benzene rings is 1. The highest BCUT2D eigenvalue weighted by Crippen LogP contribution is 2.23.